The molecule has 2 aromatic rings. The molecule has 0 bridgehead atoms. The maximum atomic E-state index is 6.27. The first kappa shape index (κ1) is 16.4. The average Bonchev–Trinajstić information content (AvgIpc) is 2.49. The second-order valence-corrected chi connectivity index (χ2v) is 6.97. The van der Waals surface area contributed by atoms with Crippen LogP contribution < -0.4 is 5.73 Å². The molecule has 0 radical (unpaired) electrons. The van der Waals surface area contributed by atoms with Gasteiger partial charge in [-0.05, 0) is 28.7 Å². The molecule has 3 heteroatoms. The van der Waals surface area contributed by atoms with Crippen LogP contribution >= 0.6 is 23.4 Å². The maximum Gasteiger partial charge on any atom is 0.0446 e. The highest BCUT2D eigenvalue weighted by atomic mass is 35.5. The minimum atomic E-state index is 0.0682. The molecule has 21 heavy (non-hydrogen) atoms. The minimum absolute atomic E-state index is 0.0682. The Kier molecular flexibility index (Phi) is 6.16. The van der Waals surface area contributed by atoms with Crippen molar-refractivity contribution in [1.82, 2.24) is 0 Å². The molecule has 0 aliphatic heterocycles. The molecule has 0 spiro atoms. The Labute approximate surface area is 136 Å². The number of hydrogen-bond acceptors (Lipinski definition) is 2. The SMILES string of the molecule is CC(C)c1ccc(C(N)CSCc2ccccc2Cl)cc1. The number of benzene rings is 2. The Morgan fingerprint density at radius 3 is 2.24 bits per heavy atom. The normalized spacial score (nSPS) is 12.6. The lowest BCUT2D eigenvalue weighted by atomic mass is 10.00. The molecule has 1 atom stereocenters. The third-order valence-corrected chi connectivity index (χ3v) is 5.02. The van der Waals surface area contributed by atoms with E-state index in [0.29, 0.717) is 5.92 Å². The second-order valence-electron chi connectivity index (χ2n) is 5.53. The van der Waals surface area contributed by atoms with Crippen LogP contribution in [0.5, 0.6) is 0 Å². The summed E-state index contributed by atoms with van der Waals surface area (Å²) in [4.78, 5) is 0. The molecule has 0 aliphatic rings. The van der Waals surface area contributed by atoms with Crippen LogP contribution in [0.25, 0.3) is 0 Å². The minimum Gasteiger partial charge on any atom is -0.323 e. The fraction of sp³-hybridized carbons (Fsp3) is 0.333. The van der Waals surface area contributed by atoms with Gasteiger partial charge in [0, 0.05) is 22.6 Å². The molecule has 2 N–H and O–H groups in total. The van der Waals surface area contributed by atoms with E-state index in [1.165, 1.54) is 16.7 Å². The third kappa shape index (κ3) is 4.77. The van der Waals surface area contributed by atoms with E-state index in [1.807, 2.05) is 30.0 Å². The molecule has 1 nitrogen and oxygen atoms in total. The molecule has 112 valence electrons. The summed E-state index contributed by atoms with van der Waals surface area (Å²) >= 11 is 7.98. The first-order valence-corrected chi connectivity index (χ1v) is 8.77. The van der Waals surface area contributed by atoms with E-state index < -0.39 is 0 Å². The van der Waals surface area contributed by atoms with Gasteiger partial charge < -0.3 is 5.73 Å². The third-order valence-electron chi connectivity index (χ3n) is 3.54. The first-order valence-electron chi connectivity index (χ1n) is 7.24. The smallest absolute Gasteiger partial charge is 0.0446 e. The zero-order valence-corrected chi connectivity index (χ0v) is 14.1. The highest BCUT2D eigenvalue weighted by molar-refractivity contribution is 7.98. The van der Waals surface area contributed by atoms with Gasteiger partial charge in [-0.3, -0.25) is 0 Å². The largest absolute Gasteiger partial charge is 0.323 e. The summed E-state index contributed by atoms with van der Waals surface area (Å²) < 4.78 is 0. The van der Waals surface area contributed by atoms with Crippen molar-refractivity contribution in [2.24, 2.45) is 5.73 Å². The lowest BCUT2D eigenvalue weighted by molar-refractivity contribution is 0.822. The molecular weight excluding hydrogens is 298 g/mol. The fourth-order valence-electron chi connectivity index (χ4n) is 2.14. The summed E-state index contributed by atoms with van der Waals surface area (Å²) in [5.74, 6) is 2.36. The Morgan fingerprint density at radius 1 is 1.00 bits per heavy atom. The summed E-state index contributed by atoms with van der Waals surface area (Å²) in [6.07, 6.45) is 0. The molecule has 1 unspecified atom stereocenters. The predicted octanol–water partition coefficient (Wildman–Crippen LogP) is 5.40. The Hall–Kier alpha value is -0.960. The van der Waals surface area contributed by atoms with E-state index in [2.05, 4.69) is 44.2 Å². The van der Waals surface area contributed by atoms with Crippen molar-refractivity contribution in [2.45, 2.75) is 31.6 Å². The van der Waals surface area contributed by atoms with Crippen molar-refractivity contribution < 1.29 is 0 Å². The van der Waals surface area contributed by atoms with Crippen LogP contribution in [-0.4, -0.2) is 5.75 Å². The van der Waals surface area contributed by atoms with Crippen molar-refractivity contribution in [3.8, 4) is 0 Å². The van der Waals surface area contributed by atoms with Gasteiger partial charge in [-0.15, -0.1) is 0 Å². The van der Waals surface area contributed by atoms with Crippen molar-refractivity contribution >= 4 is 23.4 Å². The van der Waals surface area contributed by atoms with E-state index in [0.717, 1.165) is 16.5 Å². The van der Waals surface area contributed by atoms with Gasteiger partial charge in [0.15, 0.2) is 0 Å². The van der Waals surface area contributed by atoms with Crippen molar-refractivity contribution in [3.05, 3.63) is 70.2 Å². The van der Waals surface area contributed by atoms with Crippen molar-refractivity contribution in [2.75, 3.05) is 5.75 Å². The van der Waals surface area contributed by atoms with E-state index in [4.69, 9.17) is 17.3 Å². The standard InChI is InChI=1S/C18H22ClNS/c1-13(2)14-7-9-15(10-8-14)18(20)12-21-11-16-5-3-4-6-17(16)19/h3-10,13,18H,11-12,20H2,1-2H3. The molecule has 2 rings (SSSR count). The van der Waals surface area contributed by atoms with Gasteiger partial charge in [0.2, 0.25) is 0 Å². The van der Waals surface area contributed by atoms with Crippen molar-refractivity contribution in [1.29, 1.82) is 0 Å². The van der Waals surface area contributed by atoms with E-state index >= 15 is 0 Å². The Bertz CT molecular complexity index is 566. The lowest BCUT2D eigenvalue weighted by Gasteiger charge is -2.13. The first-order chi connectivity index (χ1) is 10.1. The summed E-state index contributed by atoms with van der Waals surface area (Å²) in [6, 6.07) is 16.7. The van der Waals surface area contributed by atoms with Gasteiger partial charge >= 0.3 is 0 Å². The predicted molar refractivity (Wildman–Crippen MR) is 95.1 cm³/mol. The van der Waals surface area contributed by atoms with Gasteiger partial charge in [-0.2, -0.15) is 11.8 Å². The molecule has 0 amide bonds. The fourth-order valence-corrected chi connectivity index (χ4v) is 3.45. The van der Waals surface area contributed by atoms with Gasteiger partial charge in [-0.1, -0.05) is 67.9 Å². The van der Waals surface area contributed by atoms with Crippen LogP contribution in [0.15, 0.2) is 48.5 Å². The van der Waals surface area contributed by atoms with Crippen LogP contribution in [0.4, 0.5) is 0 Å². The highest BCUT2D eigenvalue weighted by Crippen LogP contribution is 2.24. The van der Waals surface area contributed by atoms with Crippen molar-refractivity contribution in [3.63, 3.8) is 0 Å². The van der Waals surface area contributed by atoms with Crippen LogP contribution in [-0.2, 0) is 5.75 Å². The molecule has 0 saturated carbocycles. The van der Waals surface area contributed by atoms with Gasteiger partial charge in [-0.25, -0.2) is 0 Å². The number of halogens is 1. The molecular formula is C18H22ClNS. The van der Waals surface area contributed by atoms with Gasteiger partial charge in [0.1, 0.15) is 0 Å². The maximum absolute atomic E-state index is 6.27. The molecule has 0 heterocycles. The zero-order valence-electron chi connectivity index (χ0n) is 12.6. The summed E-state index contributed by atoms with van der Waals surface area (Å²) in [5, 5.41) is 0.833. The topological polar surface area (TPSA) is 26.0 Å². The number of thioether (sulfide) groups is 1. The van der Waals surface area contributed by atoms with Gasteiger partial charge in [0.05, 0.1) is 0 Å². The number of hydrogen-bond donors (Lipinski definition) is 1. The summed E-state index contributed by atoms with van der Waals surface area (Å²) in [5.41, 5.74) is 10.00. The Balaban J connectivity index is 1.87. The quantitative estimate of drug-likeness (QED) is 0.771. The molecule has 2 aromatic carbocycles. The molecule has 0 aromatic heterocycles. The molecule has 0 fully saturated rings. The second kappa shape index (κ2) is 7.88. The van der Waals surface area contributed by atoms with Crippen LogP contribution in [0, 0.1) is 0 Å². The average molecular weight is 320 g/mol. The van der Waals surface area contributed by atoms with Crippen LogP contribution in [0.1, 0.15) is 42.5 Å². The van der Waals surface area contributed by atoms with Gasteiger partial charge in [0.25, 0.3) is 0 Å². The van der Waals surface area contributed by atoms with Crippen LogP contribution in [0.3, 0.4) is 0 Å². The molecule has 0 aliphatic carbocycles. The molecule has 0 saturated heterocycles. The summed E-state index contributed by atoms with van der Waals surface area (Å²) in [7, 11) is 0. The zero-order chi connectivity index (χ0) is 15.2. The highest BCUT2D eigenvalue weighted by Gasteiger charge is 2.08. The van der Waals surface area contributed by atoms with E-state index in [-0.39, 0.29) is 6.04 Å². The lowest BCUT2D eigenvalue weighted by Crippen LogP contribution is -2.13. The summed E-state index contributed by atoms with van der Waals surface area (Å²) in [6.45, 7) is 4.41. The van der Waals surface area contributed by atoms with E-state index in [1.54, 1.807) is 0 Å². The van der Waals surface area contributed by atoms with Crippen LogP contribution in [0.2, 0.25) is 5.02 Å². The Morgan fingerprint density at radius 2 is 1.62 bits per heavy atom. The van der Waals surface area contributed by atoms with E-state index in [9.17, 15) is 0 Å². The number of rotatable bonds is 6. The monoisotopic (exact) mass is 319 g/mol. The number of nitrogens with two attached hydrogens (primary N) is 1.